The monoisotopic (exact) mass is 710 g/mol. The summed E-state index contributed by atoms with van der Waals surface area (Å²) < 4.78 is 37.2. The number of fused-ring (bicyclic) bond motifs is 7. The lowest BCUT2D eigenvalue weighted by Crippen LogP contribution is -2.46. The van der Waals surface area contributed by atoms with Crippen molar-refractivity contribution in [1.29, 1.82) is 0 Å². The molecule has 2 aliphatic heterocycles. The number of piperidine rings is 1. The Morgan fingerprint density at radius 3 is 2.58 bits per heavy atom. The number of pyridine rings is 1. The van der Waals surface area contributed by atoms with E-state index in [1.807, 2.05) is 42.6 Å². The van der Waals surface area contributed by atoms with Crippen LogP contribution in [0.15, 0.2) is 54.7 Å². The van der Waals surface area contributed by atoms with Gasteiger partial charge in [-0.3, -0.25) is 19.9 Å². The number of benzene rings is 2. The lowest BCUT2D eigenvalue weighted by molar-refractivity contribution is 0.0643. The number of anilines is 1. The van der Waals surface area contributed by atoms with Gasteiger partial charge in [0.2, 0.25) is 11.8 Å². The Morgan fingerprint density at radius 2 is 1.81 bits per heavy atom. The van der Waals surface area contributed by atoms with Crippen LogP contribution in [0.3, 0.4) is 0 Å². The summed E-state index contributed by atoms with van der Waals surface area (Å²) in [5, 5.41) is 7.44. The first-order valence-electron chi connectivity index (χ1n) is 17.9. The van der Waals surface area contributed by atoms with Gasteiger partial charge in [0.05, 0.1) is 35.1 Å². The van der Waals surface area contributed by atoms with Crippen molar-refractivity contribution in [2.75, 3.05) is 38.6 Å². The second-order valence-corrected chi connectivity index (χ2v) is 14.2. The van der Waals surface area contributed by atoms with Crippen LogP contribution in [0.4, 0.5) is 14.7 Å². The van der Waals surface area contributed by atoms with Gasteiger partial charge in [-0.2, -0.15) is 5.10 Å². The van der Waals surface area contributed by atoms with Crippen LogP contribution in [0, 0.1) is 24.5 Å². The van der Waals surface area contributed by atoms with Gasteiger partial charge in [0.1, 0.15) is 11.6 Å². The smallest absolute Gasteiger partial charge is 0.258 e. The van der Waals surface area contributed by atoms with Gasteiger partial charge in [0.25, 0.3) is 11.8 Å². The topological polar surface area (TPSA) is 110 Å². The van der Waals surface area contributed by atoms with Crippen LogP contribution in [0.1, 0.15) is 64.6 Å². The van der Waals surface area contributed by atoms with Crippen LogP contribution in [-0.2, 0) is 20.0 Å². The highest BCUT2D eigenvalue weighted by molar-refractivity contribution is 6.05. The summed E-state index contributed by atoms with van der Waals surface area (Å²) in [6.45, 7) is 7.37. The minimum absolute atomic E-state index is 0.0614. The van der Waals surface area contributed by atoms with E-state index in [1.165, 1.54) is 12.1 Å². The summed E-state index contributed by atoms with van der Waals surface area (Å²) in [6.07, 6.45) is 5.55. The highest BCUT2D eigenvalue weighted by Gasteiger charge is 2.27. The van der Waals surface area contributed by atoms with Crippen molar-refractivity contribution in [3.8, 4) is 17.1 Å². The third-order valence-electron chi connectivity index (χ3n) is 10.2. The number of aromatic nitrogens is 5. The maximum Gasteiger partial charge on any atom is 0.258 e. The van der Waals surface area contributed by atoms with Gasteiger partial charge in [-0.05, 0) is 93.0 Å². The van der Waals surface area contributed by atoms with Crippen LogP contribution in [0.2, 0.25) is 0 Å². The van der Waals surface area contributed by atoms with E-state index >= 15 is 0 Å². The number of aryl methyl sites for hydroxylation is 2. The third kappa shape index (κ3) is 7.55. The first-order valence-corrected chi connectivity index (χ1v) is 17.9. The number of nitrogens with one attached hydrogen (secondary N) is 1. The van der Waals surface area contributed by atoms with E-state index in [2.05, 4.69) is 27.2 Å². The number of halogens is 2. The molecule has 7 rings (SSSR count). The molecule has 0 radical (unpaired) electrons. The predicted molar refractivity (Wildman–Crippen MR) is 194 cm³/mol. The van der Waals surface area contributed by atoms with E-state index in [0.29, 0.717) is 71.5 Å². The van der Waals surface area contributed by atoms with E-state index in [9.17, 15) is 18.4 Å². The number of hydrogen-bond donors (Lipinski definition) is 1. The fraction of sp³-hybridized carbons (Fsp3) is 0.410. The van der Waals surface area contributed by atoms with Crippen LogP contribution < -0.4 is 10.1 Å². The molecule has 0 spiro atoms. The van der Waals surface area contributed by atoms with Gasteiger partial charge >= 0.3 is 0 Å². The van der Waals surface area contributed by atoms with Crippen LogP contribution in [0.5, 0.6) is 5.88 Å². The molecule has 5 aromatic rings. The molecule has 1 atom stereocenters. The summed E-state index contributed by atoms with van der Waals surface area (Å²) >= 11 is 0. The molecule has 13 heteroatoms. The molecule has 2 aromatic carbocycles. The minimum Gasteiger partial charge on any atom is -0.477 e. The molecule has 272 valence electrons. The molecule has 1 saturated heterocycles. The van der Waals surface area contributed by atoms with E-state index in [4.69, 9.17) is 9.72 Å². The summed E-state index contributed by atoms with van der Waals surface area (Å²) in [4.78, 5) is 41.3. The molecule has 2 bridgehead atoms. The van der Waals surface area contributed by atoms with Crippen LogP contribution >= 0.6 is 0 Å². The van der Waals surface area contributed by atoms with Crippen molar-refractivity contribution < 1.29 is 23.1 Å². The summed E-state index contributed by atoms with van der Waals surface area (Å²) in [7, 11) is 3.67. The fourth-order valence-corrected chi connectivity index (χ4v) is 7.37. The van der Waals surface area contributed by atoms with Crippen LogP contribution in [-0.4, -0.2) is 85.3 Å². The van der Waals surface area contributed by atoms with Crippen LogP contribution in [0.25, 0.3) is 22.3 Å². The Kier molecular flexibility index (Phi) is 10.0. The lowest BCUT2D eigenvalue weighted by atomic mass is 10.0. The molecular formula is C39H44F2N8O3. The fourth-order valence-electron chi connectivity index (χ4n) is 7.37. The quantitative estimate of drug-likeness (QED) is 0.229. The Balaban J connectivity index is 1.09. The van der Waals surface area contributed by atoms with E-state index in [-0.39, 0.29) is 23.8 Å². The molecular weight excluding hydrogens is 666 g/mol. The first-order chi connectivity index (χ1) is 25.0. The molecule has 1 N–H and O–H groups in total. The average Bonchev–Trinajstić information content (AvgIpc) is 3.66. The SMILES string of the molecule is Cc1cc2cc(n1)-c1cnn(C)c1OCCC[C@@H](C)Cn1c(nc3ccc(C(=O)N(C)C4CCN(CCc5cc(F)cc(F)c5)CC4)cc31)NC2=O. The van der Waals surface area contributed by atoms with E-state index in [1.54, 1.807) is 29.1 Å². The van der Waals surface area contributed by atoms with Crippen molar-refractivity contribution in [2.24, 2.45) is 13.0 Å². The Bertz CT molecular complexity index is 2100. The average molecular weight is 711 g/mol. The van der Waals surface area contributed by atoms with Crippen molar-refractivity contribution >= 4 is 28.8 Å². The van der Waals surface area contributed by atoms with Gasteiger partial charge < -0.3 is 19.1 Å². The zero-order valence-corrected chi connectivity index (χ0v) is 30.0. The molecule has 0 saturated carbocycles. The van der Waals surface area contributed by atoms with Crippen molar-refractivity contribution in [3.05, 3.63) is 88.7 Å². The number of hydrogen-bond acceptors (Lipinski definition) is 7. The molecule has 52 heavy (non-hydrogen) atoms. The number of imidazole rings is 1. The normalized spacial score (nSPS) is 17.4. The third-order valence-corrected chi connectivity index (χ3v) is 10.2. The number of rotatable bonds is 5. The molecule has 11 nitrogen and oxygen atoms in total. The molecule has 1 fully saturated rings. The summed E-state index contributed by atoms with van der Waals surface area (Å²) in [5.41, 5.74) is 5.10. The molecule has 3 aromatic heterocycles. The summed E-state index contributed by atoms with van der Waals surface area (Å²) in [6, 6.07) is 12.7. The maximum atomic E-state index is 13.9. The molecule has 2 aliphatic rings. The number of amides is 2. The highest BCUT2D eigenvalue weighted by atomic mass is 19.1. The number of likely N-dealkylation sites (tertiary alicyclic amines) is 1. The van der Waals surface area contributed by atoms with Gasteiger partial charge in [0, 0.05) is 69.2 Å². The predicted octanol–water partition coefficient (Wildman–Crippen LogP) is 6.26. The Hall–Kier alpha value is -5.17. The standard InChI is InChI=1S/C39H44F2N8O3/c1-24-6-5-15-52-38-32(22-42-47(38)4)34-19-28(16-25(2)43-34)36(50)45-39-44-33-8-7-27(20-35(33)49(39)23-24)37(51)46(3)31-10-13-48(14-11-31)12-9-26-17-29(40)21-30(41)18-26/h7-8,16-22,24,31H,5-6,9-15,23H2,1-4H3,(H,44,45,50)/t24-/m1/s1. The molecule has 5 heterocycles. The zero-order valence-electron chi connectivity index (χ0n) is 30.0. The summed E-state index contributed by atoms with van der Waals surface area (Å²) in [5.74, 6) is -0.275. The lowest BCUT2D eigenvalue weighted by Gasteiger charge is -2.36. The highest BCUT2D eigenvalue weighted by Crippen LogP contribution is 2.31. The number of nitrogens with zero attached hydrogens (tertiary/aromatic N) is 7. The van der Waals surface area contributed by atoms with E-state index in [0.717, 1.165) is 55.9 Å². The van der Waals surface area contributed by atoms with E-state index < -0.39 is 11.6 Å². The second-order valence-electron chi connectivity index (χ2n) is 14.2. The zero-order chi connectivity index (χ0) is 36.5. The van der Waals surface area contributed by atoms with Crippen molar-refractivity contribution in [2.45, 2.75) is 58.5 Å². The van der Waals surface area contributed by atoms with Gasteiger partial charge in [-0.25, -0.2) is 18.4 Å². The van der Waals surface area contributed by atoms with Gasteiger partial charge in [0.15, 0.2) is 0 Å². The number of carbonyl (C=O) groups excluding carboxylic acids is 2. The molecule has 0 aliphatic carbocycles. The maximum absolute atomic E-state index is 13.9. The number of ether oxygens (including phenoxy) is 1. The van der Waals surface area contributed by atoms with Crippen molar-refractivity contribution in [3.63, 3.8) is 0 Å². The van der Waals surface area contributed by atoms with Crippen molar-refractivity contribution in [1.82, 2.24) is 34.1 Å². The van der Waals surface area contributed by atoms with Gasteiger partial charge in [-0.1, -0.05) is 6.92 Å². The molecule has 2 amide bonds. The van der Waals surface area contributed by atoms with Gasteiger partial charge in [-0.15, -0.1) is 0 Å². The minimum atomic E-state index is -0.560. The first kappa shape index (κ1) is 35.2. The second kappa shape index (κ2) is 14.8. The number of carbonyl (C=O) groups is 2. The Morgan fingerprint density at radius 1 is 1.04 bits per heavy atom. The largest absolute Gasteiger partial charge is 0.477 e. The molecule has 0 unspecified atom stereocenters. The Labute approximate surface area is 301 Å².